The average Bonchev–Trinajstić information content (AvgIpc) is 2.47. The molecule has 3 aromatic rings. The van der Waals surface area contributed by atoms with Crippen LogP contribution >= 0.6 is 0 Å². The minimum Gasteiger partial charge on any atom is -0.437 e. The van der Waals surface area contributed by atoms with Crippen molar-refractivity contribution >= 4 is 10.9 Å². The maximum atomic E-state index is 5.85. The first-order valence-corrected chi connectivity index (χ1v) is 6.46. The monoisotopic (exact) mass is 265 g/mol. The van der Waals surface area contributed by atoms with Crippen molar-refractivity contribution in [3.63, 3.8) is 0 Å². The van der Waals surface area contributed by atoms with Crippen molar-refractivity contribution < 1.29 is 4.74 Å². The van der Waals surface area contributed by atoms with E-state index in [1.165, 1.54) is 0 Å². The molecule has 2 heterocycles. The molecule has 4 nitrogen and oxygen atoms in total. The Hall–Kier alpha value is -2.46. The highest BCUT2D eigenvalue weighted by molar-refractivity contribution is 5.79. The molecule has 3 rings (SSSR count). The number of rotatable bonds is 3. The zero-order valence-electron chi connectivity index (χ0n) is 11.2. The van der Waals surface area contributed by atoms with Crippen molar-refractivity contribution in [1.29, 1.82) is 0 Å². The third-order valence-electron chi connectivity index (χ3n) is 3.07. The van der Waals surface area contributed by atoms with Crippen LogP contribution in [0, 0.1) is 0 Å². The van der Waals surface area contributed by atoms with E-state index in [0.717, 1.165) is 16.5 Å². The van der Waals surface area contributed by atoms with Crippen molar-refractivity contribution in [2.75, 3.05) is 0 Å². The number of fused-ring (bicyclic) bond motifs is 1. The highest BCUT2D eigenvalue weighted by Gasteiger charge is 2.04. The van der Waals surface area contributed by atoms with E-state index in [-0.39, 0.29) is 6.04 Å². The van der Waals surface area contributed by atoms with Crippen molar-refractivity contribution in [2.24, 2.45) is 5.73 Å². The molecule has 0 aliphatic carbocycles. The topological polar surface area (TPSA) is 61.0 Å². The Morgan fingerprint density at radius 1 is 1.10 bits per heavy atom. The fourth-order valence-electron chi connectivity index (χ4n) is 1.99. The van der Waals surface area contributed by atoms with Gasteiger partial charge in [0.25, 0.3) is 0 Å². The van der Waals surface area contributed by atoms with Gasteiger partial charge in [-0.25, -0.2) is 4.98 Å². The van der Waals surface area contributed by atoms with Crippen LogP contribution in [0.2, 0.25) is 0 Å². The van der Waals surface area contributed by atoms with Crippen molar-refractivity contribution in [3.8, 4) is 11.6 Å². The Bertz CT molecular complexity index is 740. The minimum atomic E-state index is -0.0462. The number of nitrogens with two attached hydrogens (primary N) is 1. The third kappa shape index (κ3) is 2.60. The first kappa shape index (κ1) is 12.6. The van der Waals surface area contributed by atoms with Crippen LogP contribution in [0.1, 0.15) is 18.5 Å². The van der Waals surface area contributed by atoms with Crippen molar-refractivity contribution in [3.05, 3.63) is 60.4 Å². The molecule has 0 unspecified atom stereocenters. The normalized spacial score (nSPS) is 12.3. The lowest BCUT2D eigenvalue weighted by atomic mass is 10.1. The van der Waals surface area contributed by atoms with E-state index < -0.39 is 0 Å². The quantitative estimate of drug-likeness (QED) is 0.788. The van der Waals surface area contributed by atoms with Crippen LogP contribution in [0.4, 0.5) is 0 Å². The van der Waals surface area contributed by atoms with Gasteiger partial charge in [0.2, 0.25) is 5.88 Å². The smallest absolute Gasteiger partial charge is 0.219 e. The maximum absolute atomic E-state index is 5.85. The molecular formula is C16H15N3O. The molecule has 2 N–H and O–H groups in total. The summed E-state index contributed by atoms with van der Waals surface area (Å²) in [7, 11) is 0. The fourth-order valence-corrected chi connectivity index (χ4v) is 1.99. The van der Waals surface area contributed by atoms with Gasteiger partial charge in [0.05, 0.1) is 11.7 Å². The molecule has 1 aromatic carbocycles. The molecule has 0 saturated heterocycles. The molecule has 0 fully saturated rings. The number of hydrogen-bond acceptors (Lipinski definition) is 4. The van der Waals surface area contributed by atoms with Crippen LogP contribution < -0.4 is 10.5 Å². The van der Waals surface area contributed by atoms with Gasteiger partial charge in [-0.15, -0.1) is 0 Å². The third-order valence-corrected chi connectivity index (χ3v) is 3.07. The molecule has 0 amide bonds. The molecule has 0 saturated carbocycles. The van der Waals surface area contributed by atoms with E-state index in [4.69, 9.17) is 10.5 Å². The van der Waals surface area contributed by atoms with Gasteiger partial charge in [-0.3, -0.25) is 4.98 Å². The molecule has 0 radical (unpaired) electrons. The summed E-state index contributed by atoms with van der Waals surface area (Å²) in [6.07, 6.45) is 3.39. The molecule has 100 valence electrons. The molecule has 0 bridgehead atoms. The Morgan fingerprint density at radius 3 is 2.80 bits per heavy atom. The van der Waals surface area contributed by atoms with E-state index in [2.05, 4.69) is 9.97 Å². The summed E-state index contributed by atoms with van der Waals surface area (Å²) in [5.74, 6) is 1.19. The van der Waals surface area contributed by atoms with Gasteiger partial charge in [0.15, 0.2) is 0 Å². The summed E-state index contributed by atoms with van der Waals surface area (Å²) in [5, 5.41) is 1.04. The molecule has 20 heavy (non-hydrogen) atoms. The standard InChI is InChI=1S/C16H15N3O/c1-11(17)12-6-7-18-16(9-12)20-14-8-13-4-2-3-5-15(13)19-10-14/h2-11H,17H2,1H3/t11-/m1/s1. The van der Waals surface area contributed by atoms with E-state index in [1.807, 2.05) is 49.4 Å². The second-order valence-corrected chi connectivity index (χ2v) is 4.68. The SMILES string of the molecule is C[C@@H](N)c1ccnc(Oc2cnc3ccccc3c2)c1. The number of hydrogen-bond donors (Lipinski definition) is 1. The van der Waals surface area contributed by atoms with Crippen molar-refractivity contribution in [1.82, 2.24) is 9.97 Å². The summed E-state index contributed by atoms with van der Waals surface area (Å²) >= 11 is 0. The number of nitrogens with zero attached hydrogens (tertiary/aromatic N) is 2. The molecule has 4 heteroatoms. The largest absolute Gasteiger partial charge is 0.437 e. The predicted molar refractivity (Wildman–Crippen MR) is 78.7 cm³/mol. The zero-order valence-corrected chi connectivity index (χ0v) is 11.2. The van der Waals surface area contributed by atoms with Gasteiger partial charge < -0.3 is 10.5 Å². The van der Waals surface area contributed by atoms with E-state index >= 15 is 0 Å². The van der Waals surface area contributed by atoms with E-state index in [1.54, 1.807) is 12.4 Å². The van der Waals surface area contributed by atoms with Crippen LogP contribution in [0.25, 0.3) is 10.9 Å². The number of pyridine rings is 2. The lowest BCUT2D eigenvalue weighted by Crippen LogP contribution is -2.05. The Balaban J connectivity index is 1.90. The minimum absolute atomic E-state index is 0.0462. The van der Waals surface area contributed by atoms with Gasteiger partial charge in [0, 0.05) is 23.7 Å². The Labute approximate surface area is 117 Å². The van der Waals surface area contributed by atoms with Crippen LogP contribution in [-0.2, 0) is 0 Å². The van der Waals surface area contributed by atoms with Crippen LogP contribution in [0.3, 0.4) is 0 Å². The lowest BCUT2D eigenvalue weighted by Gasteiger charge is -2.09. The summed E-state index contributed by atoms with van der Waals surface area (Å²) in [6.45, 7) is 1.93. The molecule has 2 aromatic heterocycles. The van der Waals surface area contributed by atoms with Gasteiger partial charge in [0.1, 0.15) is 5.75 Å². The first-order valence-electron chi connectivity index (χ1n) is 6.46. The second-order valence-electron chi connectivity index (χ2n) is 4.68. The maximum Gasteiger partial charge on any atom is 0.219 e. The number of para-hydroxylation sites is 1. The van der Waals surface area contributed by atoms with E-state index in [0.29, 0.717) is 11.6 Å². The average molecular weight is 265 g/mol. The highest BCUT2D eigenvalue weighted by atomic mass is 16.5. The molecular weight excluding hydrogens is 250 g/mol. The zero-order chi connectivity index (χ0) is 13.9. The highest BCUT2D eigenvalue weighted by Crippen LogP contribution is 2.24. The van der Waals surface area contributed by atoms with Crippen molar-refractivity contribution in [2.45, 2.75) is 13.0 Å². The molecule has 1 atom stereocenters. The molecule has 0 aliphatic heterocycles. The number of aromatic nitrogens is 2. The summed E-state index contributed by atoms with van der Waals surface area (Å²) < 4.78 is 5.75. The fraction of sp³-hybridized carbons (Fsp3) is 0.125. The van der Waals surface area contributed by atoms with Crippen LogP contribution in [-0.4, -0.2) is 9.97 Å². The summed E-state index contributed by atoms with van der Waals surface area (Å²) in [5.41, 5.74) is 7.79. The molecule has 0 spiro atoms. The van der Waals surface area contributed by atoms with Crippen LogP contribution in [0.15, 0.2) is 54.9 Å². The molecule has 0 aliphatic rings. The lowest BCUT2D eigenvalue weighted by molar-refractivity contribution is 0.460. The first-order chi connectivity index (χ1) is 9.72. The number of benzene rings is 1. The Morgan fingerprint density at radius 2 is 1.95 bits per heavy atom. The van der Waals surface area contributed by atoms with Crippen LogP contribution in [0.5, 0.6) is 11.6 Å². The van der Waals surface area contributed by atoms with E-state index in [9.17, 15) is 0 Å². The predicted octanol–water partition coefficient (Wildman–Crippen LogP) is 3.44. The Kier molecular flexibility index (Phi) is 3.31. The van der Waals surface area contributed by atoms with Gasteiger partial charge in [-0.05, 0) is 30.7 Å². The summed E-state index contributed by atoms with van der Waals surface area (Å²) in [6, 6.07) is 13.5. The van der Waals surface area contributed by atoms with Gasteiger partial charge in [-0.1, -0.05) is 18.2 Å². The van der Waals surface area contributed by atoms with Gasteiger partial charge in [-0.2, -0.15) is 0 Å². The van der Waals surface area contributed by atoms with Gasteiger partial charge >= 0.3 is 0 Å². The summed E-state index contributed by atoms with van der Waals surface area (Å²) in [4.78, 5) is 8.55. The number of ether oxygens (including phenoxy) is 1. The second kappa shape index (κ2) is 5.27.